The Labute approximate surface area is 119 Å². The second-order valence-electron chi connectivity index (χ2n) is 3.71. The molecule has 1 aromatic rings. The molecule has 2 amide bonds. The van der Waals surface area contributed by atoms with Crippen LogP contribution in [-0.4, -0.2) is 36.3 Å². The summed E-state index contributed by atoms with van der Waals surface area (Å²) in [7, 11) is 0. The molecule has 0 saturated carbocycles. The van der Waals surface area contributed by atoms with E-state index in [9.17, 15) is 9.59 Å². The molecule has 0 aliphatic carbocycles. The van der Waals surface area contributed by atoms with Gasteiger partial charge in [0.15, 0.2) is 0 Å². The van der Waals surface area contributed by atoms with Crippen molar-refractivity contribution < 1.29 is 9.59 Å². The van der Waals surface area contributed by atoms with Gasteiger partial charge >= 0.3 is 0 Å². The highest BCUT2D eigenvalue weighted by atomic mass is 79.9. The summed E-state index contributed by atoms with van der Waals surface area (Å²) in [6, 6.07) is 1.77. The fourth-order valence-electron chi connectivity index (χ4n) is 1.55. The van der Waals surface area contributed by atoms with Gasteiger partial charge in [-0.25, -0.2) is 0 Å². The van der Waals surface area contributed by atoms with E-state index >= 15 is 0 Å². The number of carbonyl (C=O) groups is 2. The van der Waals surface area contributed by atoms with Gasteiger partial charge in [-0.15, -0.1) is 11.3 Å². The highest BCUT2D eigenvalue weighted by Gasteiger charge is 2.11. The molecule has 0 bridgehead atoms. The molecule has 4 nitrogen and oxygen atoms in total. The van der Waals surface area contributed by atoms with E-state index in [1.54, 1.807) is 16.3 Å². The number of amides is 2. The first kappa shape index (κ1) is 15.2. The van der Waals surface area contributed by atoms with Gasteiger partial charge in [0.1, 0.15) is 0 Å². The van der Waals surface area contributed by atoms with Crippen LogP contribution in [0.2, 0.25) is 0 Å². The molecule has 0 unspecified atom stereocenters. The summed E-state index contributed by atoms with van der Waals surface area (Å²) in [6.45, 7) is 5.69. The van der Waals surface area contributed by atoms with Crippen molar-refractivity contribution in [3.63, 3.8) is 0 Å². The first-order valence-corrected chi connectivity index (χ1v) is 7.55. The van der Waals surface area contributed by atoms with Crippen molar-refractivity contribution in [3.05, 3.63) is 20.8 Å². The zero-order valence-electron chi connectivity index (χ0n) is 10.5. The fraction of sp³-hybridized carbons (Fsp3) is 0.500. The van der Waals surface area contributed by atoms with E-state index in [1.807, 2.05) is 13.8 Å². The molecule has 100 valence electrons. The molecule has 0 radical (unpaired) electrons. The molecule has 6 heteroatoms. The van der Waals surface area contributed by atoms with Gasteiger partial charge in [-0.1, -0.05) is 0 Å². The van der Waals surface area contributed by atoms with Crippen LogP contribution in [0.1, 0.15) is 30.6 Å². The van der Waals surface area contributed by atoms with Crippen molar-refractivity contribution in [3.8, 4) is 0 Å². The molecule has 0 saturated heterocycles. The highest BCUT2D eigenvalue weighted by Crippen LogP contribution is 2.20. The van der Waals surface area contributed by atoms with Gasteiger partial charge in [0.25, 0.3) is 5.91 Å². The average molecular weight is 333 g/mol. The van der Waals surface area contributed by atoms with Crippen molar-refractivity contribution >= 4 is 39.1 Å². The maximum Gasteiger partial charge on any atom is 0.252 e. The number of nitrogens with one attached hydrogen (secondary N) is 1. The molecule has 0 aliphatic heterocycles. The number of rotatable bonds is 6. The summed E-state index contributed by atoms with van der Waals surface area (Å²) >= 11 is 4.77. The first-order chi connectivity index (χ1) is 8.58. The SMILES string of the molecule is CCN(CC)C(=O)CCNC(=O)c1csc(Br)c1. The van der Waals surface area contributed by atoms with Crippen LogP contribution in [0.4, 0.5) is 0 Å². The Morgan fingerprint density at radius 2 is 2.06 bits per heavy atom. The molecule has 0 aliphatic rings. The van der Waals surface area contributed by atoms with E-state index in [2.05, 4.69) is 21.2 Å². The van der Waals surface area contributed by atoms with E-state index in [4.69, 9.17) is 0 Å². The van der Waals surface area contributed by atoms with Crippen LogP contribution in [0.15, 0.2) is 15.2 Å². The standard InChI is InChI=1S/C12H17BrN2O2S/c1-3-15(4-2)11(16)5-6-14-12(17)9-7-10(13)18-8-9/h7-8H,3-6H2,1-2H3,(H,14,17). The Morgan fingerprint density at radius 3 is 2.56 bits per heavy atom. The van der Waals surface area contributed by atoms with Crippen LogP contribution < -0.4 is 5.32 Å². The minimum Gasteiger partial charge on any atom is -0.351 e. The minimum atomic E-state index is -0.135. The molecule has 0 aromatic carbocycles. The van der Waals surface area contributed by atoms with Gasteiger partial charge < -0.3 is 10.2 Å². The number of hydrogen-bond donors (Lipinski definition) is 1. The smallest absolute Gasteiger partial charge is 0.252 e. The van der Waals surface area contributed by atoms with E-state index in [1.165, 1.54) is 11.3 Å². The summed E-state index contributed by atoms with van der Waals surface area (Å²) in [6.07, 6.45) is 0.346. The molecule has 0 atom stereocenters. The fourth-order valence-corrected chi connectivity index (χ4v) is 2.69. The summed E-state index contributed by atoms with van der Waals surface area (Å²) in [5, 5.41) is 4.53. The average Bonchev–Trinajstić information content (AvgIpc) is 2.77. The second kappa shape index (κ2) is 7.53. The quantitative estimate of drug-likeness (QED) is 0.870. The van der Waals surface area contributed by atoms with Gasteiger partial charge in [0.05, 0.1) is 9.35 Å². The van der Waals surface area contributed by atoms with E-state index in [0.29, 0.717) is 31.6 Å². The molecule has 18 heavy (non-hydrogen) atoms. The van der Waals surface area contributed by atoms with Crippen molar-refractivity contribution in [2.45, 2.75) is 20.3 Å². The number of nitrogens with zero attached hydrogens (tertiary/aromatic N) is 1. The van der Waals surface area contributed by atoms with Crippen LogP contribution >= 0.6 is 27.3 Å². The summed E-state index contributed by atoms with van der Waals surface area (Å²) < 4.78 is 0.923. The van der Waals surface area contributed by atoms with Crippen molar-refractivity contribution in [2.75, 3.05) is 19.6 Å². The normalized spacial score (nSPS) is 10.2. The van der Waals surface area contributed by atoms with Crippen LogP contribution in [0.5, 0.6) is 0 Å². The maximum atomic E-state index is 11.7. The number of halogens is 1. The predicted molar refractivity (Wildman–Crippen MR) is 76.9 cm³/mol. The Bertz CT molecular complexity index is 416. The highest BCUT2D eigenvalue weighted by molar-refractivity contribution is 9.11. The Morgan fingerprint density at radius 1 is 1.39 bits per heavy atom. The minimum absolute atomic E-state index is 0.0757. The van der Waals surface area contributed by atoms with Crippen molar-refractivity contribution in [1.82, 2.24) is 10.2 Å². The van der Waals surface area contributed by atoms with E-state index < -0.39 is 0 Å². The third-order valence-electron chi connectivity index (χ3n) is 2.57. The zero-order chi connectivity index (χ0) is 13.5. The molecule has 0 fully saturated rings. The summed E-state index contributed by atoms with van der Waals surface area (Å²) in [5.74, 6) is -0.0592. The number of carbonyl (C=O) groups excluding carboxylic acids is 2. The van der Waals surface area contributed by atoms with Gasteiger partial charge in [0.2, 0.25) is 5.91 Å². The molecule has 0 spiro atoms. The van der Waals surface area contributed by atoms with E-state index in [0.717, 1.165) is 3.79 Å². The molecule has 1 heterocycles. The van der Waals surface area contributed by atoms with Crippen LogP contribution in [0, 0.1) is 0 Å². The molecule has 1 rings (SSSR count). The van der Waals surface area contributed by atoms with Crippen molar-refractivity contribution in [1.29, 1.82) is 0 Å². The monoisotopic (exact) mass is 332 g/mol. The van der Waals surface area contributed by atoms with Gasteiger partial charge in [-0.3, -0.25) is 9.59 Å². The summed E-state index contributed by atoms with van der Waals surface area (Å²) in [4.78, 5) is 25.2. The van der Waals surface area contributed by atoms with Gasteiger partial charge in [-0.05, 0) is 35.8 Å². The van der Waals surface area contributed by atoms with Crippen LogP contribution in [0.3, 0.4) is 0 Å². The Hall–Kier alpha value is -0.880. The lowest BCUT2D eigenvalue weighted by Gasteiger charge is -2.18. The largest absolute Gasteiger partial charge is 0.351 e. The van der Waals surface area contributed by atoms with E-state index in [-0.39, 0.29) is 11.8 Å². The molecular weight excluding hydrogens is 316 g/mol. The predicted octanol–water partition coefficient (Wildman–Crippen LogP) is 2.50. The van der Waals surface area contributed by atoms with Gasteiger partial charge in [-0.2, -0.15) is 0 Å². The van der Waals surface area contributed by atoms with Crippen molar-refractivity contribution in [2.24, 2.45) is 0 Å². The maximum absolute atomic E-state index is 11.7. The lowest BCUT2D eigenvalue weighted by Crippen LogP contribution is -2.34. The first-order valence-electron chi connectivity index (χ1n) is 5.88. The molecule has 1 N–H and O–H groups in total. The third-order valence-corrected chi connectivity index (χ3v) is 4.07. The Balaban J connectivity index is 2.34. The topological polar surface area (TPSA) is 49.4 Å². The van der Waals surface area contributed by atoms with Gasteiger partial charge in [0, 0.05) is 31.4 Å². The van der Waals surface area contributed by atoms with Crippen LogP contribution in [0.25, 0.3) is 0 Å². The third kappa shape index (κ3) is 4.42. The summed E-state index contributed by atoms with van der Waals surface area (Å²) in [5.41, 5.74) is 0.627. The molecular formula is C12H17BrN2O2S. The second-order valence-corrected chi connectivity index (χ2v) is 6.00. The lowest BCUT2D eigenvalue weighted by atomic mass is 10.3. The number of thiophene rings is 1. The number of hydrogen-bond acceptors (Lipinski definition) is 3. The van der Waals surface area contributed by atoms with Crippen LogP contribution in [-0.2, 0) is 4.79 Å². The Kier molecular flexibility index (Phi) is 6.35. The molecule has 1 aromatic heterocycles. The zero-order valence-corrected chi connectivity index (χ0v) is 12.9. The lowest BCUT2D eigenvalue weighted by molar-refractivity contribution is -0.130.